The summed E-state index contributed by atoms with van der Waals surface area (Å²) in [6.07, 6.45) is 10.3. The molecule has 0 heterocycles. The number of rotatable bonds is 14. The quantitative estimate of drug-likeness (QED) is 0.153. The second-order valence-corrected chi connectivity index (χ2v) is 6.33. The highest BCUT2D eigenvalue weighted by Gasteiger charge is 2.19. The van der Waals surface area contributed by atoms with Gasteiger partial charge in [-0.25, -0.2) is 9.59 Å². The van der Waals surface area contributed by atoms with E-state index in [-0.39, 0.29) is 0 Å². The van der Waals surface area contributed by atoms with Crippen LogP contribution in [0.3, 0.4) is 0 Å². The number of carbonyl (C=O) groups is 2. The van der Waals surface area contributed by atoms with Gasteiger partial charge in [-0.2, -0.15) is 4.89 Å². The van der Waals surface area contributed by atoms with Crippen molar-refractivity contribution < 1.29 is 29.1 Å². The van der Waals surface area contributed by atoms with E-state index < -0.39 is 17.5 Å². The molecule has 0 aromatic carbocycles. The summed E-state index contributed by atoms with van der Waals surface area (Å²) < 4.78 is 4.98. The molecule has 6 heteroatoms. The van der Waals surface area contributed by atoms with Crippen LogP contribution in [-0.2, 0) is 29.1 Å². The molecule has 0 amide bonds. The minimum atomic E-state index is -0.834. The van der Waals surface area contributed by atoms with E-state index in [1.165, 1.54) is 19.3 Å². The first-order valence-electron chi connectivity index (χ1n) is 8.82. The monoisotopic (exact) mass is 344 g/mol. The SMILES string of the molecule is CCCCCCCCOC(=O)C=CC(=O)OOOC(C)(C)CCC. The Labute approximate surface area is 145 Å². The Morgan fingerprint density at radius 3 is 2.17 bits per heavy atom. The lowest BCUT2D eigenvalue weighted by Gasteiger charge is -2.20. The first-order chi connectivity index (χ1) is 11.4. The van der Waals surface area contributed by atoms with E-state index >= 15 is 0 Å². The number of hydrogen-bond acceptors (Lipinski definition) is 6. The third-order valence-corrected chi connectivity index (χ3v) is 3.33. The van der Waals surface area contributed by atoms with E-state index in [1.807, 2.05) is 20.8 Å². The molecule has 0 N–H and O–H groups in total. The van der Waals surface area contributed by atoms with Crippen molar-refractivity contribution in [2.45, 2.75) is 84.7 Å². The van der Waals surface area contributed by atoms with Gasteiger partial charge < -0.3 is 4.74 Å². The second kappa shape index (κ2) is 14.0. The molecule has 0 aromatic rings. The van der Waals surface area contributed by atoms with Gasteiger partial charge in [-0.1, -0.05) is 52.4 Å². The summed E-state index contributed by atoms with van der Waals surface area (Å²) in [4.78, 5) is 32.1. The van der Waals surface area contributed by atoms with Crippen LogP contribution in [0.15, 0.2) is 12.2 Å². The summed E-state index contributed by atoms with van der Waals surface area (Å²) in [7, 11) is 0. The number of esters is 1. The number of carbonyl (C=O) groups excluding carboxylic acids is 2. The predicted molar refractivity (Wildman–Crippen MR) is 90.7 cm³/mol. The fraction of sp³-hybridized carbons (Fsp3) is 0.778. The largest absolute Gasteiger partial charge is 0.463 e. The van der Waals surface area contributed by atoms with Crippen molar-refractivity contribution in [3.05, 3.63) is 12.2 Å². The van der Waals surface area contributed by atoms with Crippen LogP contribution in [0.2, 0.25) is 0 Å². The normalized spacial score (nSPS) is 11.7. The van der Waals surface area contributed by atoms with Crippen molar-refractivity contribution in [2.75, 3.05) is 6.61 Å². The van der Waals surface area contributed by atoms with Crippen molar-refractivity contribution in [3.63, 3.8) is 0 Å². The van der Waals surface area contributed by atoms with E-state index in [1.54, 1.807) is 0 Å². The third-order valence-electron chi connectivity index (χ3n) is 3.33. The molecule has 0 radical (unpaired) electrons. The van der Waals surface area contributed by atoms with Crippen molar-refractivity contribution in [2.24, 2.45) is 0 Å². The maximum atomic E-state index is 11.4. The molecule has 0 aliphatic heterocycles. The summed E-state index contributed by atoms with van der Waals surface area (Å²) in [5.74, 6) is -1.41. The molecular formula is C18H32O6. The summed E-state index contributed by atoms with van der Waals surface area (Å²) in [5, 5.41) is 4.44. The van der Waals surface area contributed by atoms with E-state index in [0.717, 1.165) is 44.3 Å². The zero-order valence-corrected chi connectivity index (χ0v) is 15.5. The van der Waals surface area contributed by atoms with Crippen LogP contribution >= 0.6 is 0 Å². The van der Waals surface area contributed by atoms with E-state index in [4.69, 9.17) is 9.62 Å². The molecule has 0 atom stereocenters. The topological polar surface area (TPSA) is 71.1 Å². The molecule has 0 aliphatic carbocycles. The lowest BCUT2D eigenvalue weighted by Crippen LogP contribution is -2.24. The number of unbranched alkanes of at least 4 members (excludes halogenated alkanes) is 5. The average molecular weight is 344 g/mol. The van der Waals surface area contributed by atoms with Crippen LogP contribution in [0.25, 0.3) is 0 Å². The van der Waals surface area contributed by atoms with Gasteiger partial charge in [0.05, 0.1) is 6.61 Å². The summed E-state index contributed by atoms with van der Waals surface area (Å²) in [5.41, 5.74) is -0.547. The van der Waals surface area contributed by atoms with Crippen LogP contribution in [-0.4, -0.2) is 24.1 Å². The van der Waals surface area contributed by atoms with E-state index in [0.29, 0.717) is 6.61 Å². The lowest BCUT2D eigenvalue weighted by molar-refractivity contribution is -0.515. The summed E-state index contributed by atoms with van der Waals surface area (Å²) >= 11 is 0. The Morgan fingerprint density at radius 2 is 1.50 bits per heavy atom. The average Bonchev–Trinajstić information content (AvgIpc) is 2.51. The van der Waals surface area contributed by atoms with Gasteiger partial charge in [0.1, 0.15) is 5.60 Å². The van der Waals surface area contributed by atoms with Crippen molar-refractivity contribution in [3.8, 4) is 0 Å². The zero-order chi connectivity index (χ0) is 18.3. The van der Waals surface area contributed by atoms with Crippen LogP contribution in [0.1, 0.15) is 79.1 Å². The van der Waals surface area contributed by atoms with Crippen LogP contribution in [0.4, 0.5) is 0 Å². The highest BCUT2D eigenvalue weighted by atomic mass is 17.5. The Balaban J connectivity index is 3.72. The molecule has 0 bridgehead atoms. The molecule has 0 rings (SSSR count). The molecule has 0 saturated carbocycles. The summed E-state index contributed by atoms with van der Waals surface area (Å²) in [6.45, 7) is 8.17. The molecule has 140 valence electrons. The molecule has 0 aromatic heterocycles. The fourth-order valence-electron chi connectivity index (χ4n) is 2.05. The smallest absolute Gasteiger partial charge is 0.369 e. The Bertz CT molecular complexity index is 376. The standard InChI is InChI=1S/C18H32O6/c1-5-7-8-9-10-11-15-21-16(19)12-13-17(20)22-24-23-18(3,4)14-6-2/h12-13H,5-11,14-15H2,1-4H3. The van der Waals surface area contributed by atoms with Gasteiger partial charge in [0.15, 0.2) is 0 Å². The van der Waals surface area contributed by atoms with Crippen molar-refractivity contribution in [1.29, 1.82) is 0 Å². The van der Waals surface area contributed by atoms with E-state index in [9.17, 15) is 9.59 Å². The molecule has 0 spiro atoms. The van der Waals surface area contributed by atoms with Crippen molar-refractivity contribution >= 4 is 11.9 Å². The number of hydrogen-bond donors (Lipinski definition) is 0. The van der Waals surface area contributed by atoms with Gasteiger partial charge in [-0.15, -0.1) is 0 Å². The predicted octanol–water partition coefficient (Wildman–Crippen LogP) is 4.43. The first kappa shape index (κ1) is 22.6. The van der Waals surface area contributed by atoms with E-state index in [2.05, 4.69) is 16.8 Å². The molecule has 6 nitrogen and oxygen atoms in total. The van der Waals surface area contributed by atoms with Gasteiger partial charge in [-0.05, 0) is 31.7 Å². The van der Waals surface area contributed by atoms with Crippen molar-refractivity contribution in [1.82, 2.24) is 0 Å². The molecule has 24 heavy (non-hydrogen) atoms. The Kier molecular flexibility index (Phi) is 13.2. The van der Waals surface area contributed by atoms with Gasteiger partial charge in [0.2, 0.25) is 0 Å². The number of ether oxygens (including phenoxy) is 1. The maximum absolute atomic E-state index is 11.4. The minimum absolute atomic E-state index is 0.356. The van der Waals surface area contributed by atoms with Crippen LogP contribution in [0, 0.1) is 0 Å². The fourth-order valence-corrected chi connectivity index (χ4v) is 2.05. The van der Waals surface area contributed by atoms with Crippen LogP contribution < -0.4 is 0 Å². The minimum Gasteiger partial charge on any atom is -0.463 e. The highest BCUT2D eigenvalue weighted by Crippen LogP contribution is 2.16. The van der Waals surface area contributed by atoms with Crippen LogP contribution in [0.5, 0.6) is 0 Å². The van der Waals surface area contributed by atoms with Gasteiger partial charge in [0.25, 0.3) is 0 Å². The lowest BCUT2D eigenvalue weighted by atomic mass is 10.0. The first-order valence-corrected chi connectivity index (χ1v) is 8.82. The molecule has 0 aliphatic rings. The Morgan fingerprint density at radius 1 is 0.875 bits per heavy atom. The second-order valence-electron chi connectivity index (χ2n) is 6.33. The molecular weight excluding hydrogens is 312 g/mol. The third kappa shape index (κ3) is 14.2. The molecule has 0 fully saturated rings. The van der Waals surface area contributed by atoms with Gasteiger partial charge >= 0.3 is 11.9 Å². The molecule has 0 saturated heterocycles. The maximum Gasteiger partial charge on any atom is 0.369 e. The summed E-state index contributed by atoms with van der Waals surface area (Å²) in [6, 6.07) is 0. The Hall–Kier alpha value is -1.40. The highest BCUT2D eigenvalue weighted by molar-refractivity contribution is 5.91. The van der Waals surface area contributed by atoms with Gasteiger partial charge in [0, 0.05) is 12.2 Å². The zero-order valence-electron chi connectivity index (χ0n) is 15.5. The molecule has 0 unspecified atom stereocenters. The van der Waals surface area contributed by atoms with Gasteiger partial charge in [-0.3, -0.25) is 4.89 Å².